The lowest BCUT2D eigenvalue weighted by atomic mass is 10.2. The molecular formula is C13H17Br2NO2. The summed E-state index contributed by atoms with van der Waals surface area (Å²) in [5.41, 5.74) is 0.656. The van der Waals surface area contributed by atoms with Crippen molar-refractivity contribution in [1.82, 2.24) is 4.90 Å². The predicted octanol–water partition coefficient (Wildman–Crippen LogP) is 3.71. The Morgan fingerprint density at radius 1 is 1.28 bits per heavy atom. The molecule has 0 radical (unpaired) electrons. The van der Waals surface area contributed by atoms with E-state index in [9.17, 15) is 4.79 Å². The van der Waals surface area contributed by atoms with Gasteiger partial charge in [0.1, 0.15) is 0 Å². The number of nitrogens with zero attached hydrogens (tertiary/aromatic N) is 1. The highest BCUT2D eigenvalue weighted by Gasteiger charge is 2.12. The molecule has 0 fully saturated rings. The maximum Gasteiger partial charge on any atom is 0.253 e. The van der Waals surface area contributed by atoms with Crippen LogP contribution >= 0.6 is 31.9 Å². The minimum absolute atomic E-state index is 0.00986. The van der Waals surface area contributed by atoms with Gasteiger partial charge < -0.3 is 9.64 Å². The predicted molar refractivity (Wildman–Crippen MR) is 79.9 cm³/mol. The van der Waals surface area contributed by atoms with Crippen molar-refractivity contribution in [2.45, 2.75) is 20.0 Å². The molecule has 100 valence electrons. The first-order chi connectivity index (χ1) is 8.40. The van der Waals surface area contributed by atoms with Gasteiger partial charge in [-0.05, 0) is 32.0 Å². The van der Waals surface area contributed by atoms with E-state index in [0.717, 1.165) is 8.95 Å². The van der Waals surface area contributed by atoms with E-state index in [1.54, 1.807) is 11.9 Å². The topological polar surface area (TPSA) is 29.5 Å². The Morgan fingerprint density at radius 3 is 2.33 bits per heavy atom. The van der Waals surface area contributed by atoms with Crippen molar-refractivity contribution >= 4 is 37.8 Å². The van der Waals surface area contributed by atoms with Crippen molar-refractivity contribution in [3.8, 4) is 0 Å². The summed E-state index contributed by atoms with van der Waals surface area (Å²) in [6.45, 7) is 5.09. The van der Waals surface area contributed by atoms with Gasteiger partial charge in [0.2, 0.25) is 0 Å². The zero-order valence-corrected chi connectivity index (χ0v) is 13.9. The van der Waals surface area contributed by atoms with Crippen LogP contribution in [-0.4, -0.2) is 37.1 Å². The number of ether oxygens (including phenoxy) is 1. The smallest absolute Gasteiger partial charge is 0.253 e. The van der Waals surface area contributed by atoms with Gasteiger partial charge >= 0.3 is 0 Å². The number of rotatable bonds is 5. The molecule has 3 nitrogen and oxygen atoms in total. The normalized spacial score (nSPS) is 10.8. The summed E-state index contributed by atoms with van der Waals surface area (Å²) in [7, 11) is 1.78. The second kappa shape index (κ2) is 7.26. The highest BCUT2D eigenvalue weighted by Crippen LogP contribution is 2.20. The molecule has 0 heterocycles. The lowest BCUT2D eigenvalue weighted by molar-refractivity contribution is 0.0532. The maximum absolute atomic E-state index is 12.2. The summed E-state index contributed by atoms with van der Waals surface area (Å²) >= 11 is 6.75. The number of hydrogen-bond donors (Lipinski definition) is 0. The molecule has 1 aromatic carbocycles. The monoisotopic (exact) mass is 377 g/mol. The SMILES string of the molecule is CC(C)OCCN(C)C(=O)c1cc(Br)cc(Br)c1. The molecule has 0 unspecified atom stereocenters. The van der Waals surface area contributed by atoms with Gasteiger partial charge in [0.05, 0.1) is 12.7 Å². The first-order valence-corrected chi connectivity index (χ1v) is 7.32. The lowest BCUT2D eigenvalue weighted by Crippen LogP contribution is -2.30. The molecule has 5 heteroatoms. The second-order valence-corrected chi connectivity index (χ2v) is 6.14. The van der Waals surface area contributed by atoms with Crippen LogP contribution in [0.15, 0.2) is 27.1 Å². The molecule has 0 aromatic heterocycles. The molecule has 0 saturated heterocycles. The van der Waals surface area contributed by atoms with E-state index in [0.29, 0.717) is 18.7 Å². The Bertz CT molecular complexity index is 401. The number of benzene rings is 1. The van der Waals surface area contributed by atoms with Gasteiger partial charge in [-0.15, -0.1) is 0 Å². The van der Waals surface area contributed by atoms with Gasteiger partial charge in [0.25, 0.3) is 5.91 Å². The molecule has 0 spiro atoms. The first kappa shape index (κ1) is 15.7. The van der Waals surface area contributed by atoms with Crippen LogP contribution in [-0.2, 0) is 4.74 Å². The number of amides is 1. The average Bonchev–Trinajstić information content (AvgIpc) is 2.26. The molecule has 0 aliphatic rings. The molecule has 1 rings (SSSR count). The molecule has 0 N–H and O–H groups in total. The fraction of sp³-hybridized carbons (Fsp3) is 0.462. The first-order valence-electron chi connectivity index (χ1n) is 5.73. The van der Waals surface area contributed by atoms with E-state index >= 15 is 0 Å². The summed E-state index contributed by atoms with van der Waals surface area (Å²) < 4.78 is 7.20. The summed E-state index contributed by atoms with van der Waals surface area (Å²) in [6.07, 6.45) is 0.188. The highest BCUT2D eigenvalue weighted by molar-refractivity contribution is 9.11. The number of hydrogen-bond acceptors (Lipinski definition) is 2. The molecular weight excluding hydrogens is 362 g/mol. The van der Waals surface area contributed by atoms with Crippen LogP contribution in [0.2, 0.25) is 0 Å². The van der Waals surface area contributed by atoms with Crippen LogP contribution in [0.4, 0.5) is 0 Å². The standard InChI is InChI=1S/C13H17Br2NO2/c1-9(2)18-5-4-16(3)13(17)10-6-11(14)8-12(15)7-10/h6-9H,4-5H2,1-3H3. The van der Waals surface area contributed by atoms with Crippen molar-refractivity contribution in [1.29, 1.82) is 0 Å². The van der Waals surface area contributed by atoms with Crippen molar-refractivity contribution in [2.75, 3.05) is 20.2 Å². The Morgan fingerprint density at radius 2 is 1.83 bits per heavy atom. The molecule has 1 aromatic rings. The number of halogens is 2. The molecule has 0 aliphatic carbocycles. The zero-order chi connectivity index (χ0) is 13.7. The molecule has 18 heavy (non-hydrogen) atoms. The summed E-state index contributed by atoms with van der Waals surface area (Å²) in [5, 5.41) is 0. The minimum Gasteiger partial charge on any atom is -0.377 e. The van der Waals surface area contributed by atoms with E-state index in [-0.39, 0.29) is 12.0 Å². The third kappa shape index (κ3) is 5.08. The molecule has 0 aliphatic heterocycles. The van der Waals surface area contributed by atoms with Crippen LogP contribution in [0.5, 0.6) is 0 Å². The van der Waals surface area contributed by atoms with E-state index in [1.807, 2.05) is 32.0 Å². The van der Waals surface area contributed by atoms with E-state index in [2.05, 4.69) is 31.9 Å². The lowest BCUT2D eigenvalue weighted by Gasteiger charge is -2.18. The summed E-state index contributed by atoms with van der Waals surface area (Å²) in [5.74, 6) is -0.00986. The van der Waals surface area contributed by atoms with Gasteiger partial charge in [-0.2, -0.15) is 0 Å². The third-order valence-corrected chi connectivity index (χ3v) is 3.25. The number of carbonyl (C=O) groups excluding carboxylic acids is 1. The zero-order valence-electron chi connectivity index (χ0n) is 10.7. The van der Waals surface area contributed by atoms with Gasteiger partial charge in [-0.1, -0.05) is 31.9 Å². The van der Waals surface area contributed by atoms with Crippen LogP contribution in [0, 0.1) is 0 Å². The number of likely N-dealkylation sites (N-methyl/N-ethyl adjacent to an activating group) is 1. The minimum atomic E-state index is -0.00986. The Hall–Kier alpha value is -0.390. The van der Waals surface area contributed by atoms with Crippen LogP contribution in [0.25, 0.3) is 0 Å². The molecule has 0 bridgehead atoms. The Balaban J connectivity index is 2.62. The molecule has 0 atom stereocenters. The largest absolute Gasteiger partial charge is 0.377 e. The number of carbonyl (C=O) groups is 1. The molecule has 0 saturated carbocycles. The van der Waals surface area contributed by atoms with Crippen molar-refractivity contribution in [3.05, 3.63) is 32.7 Å². The van der Waals surface area contributed by atoms with E-state index < -0.39 is 0 Å². The fourth-order valence-corrected chi connectivity index (χ4v) is 2.72. The molecule has 1 amide bonds. The Kier molecular flexibility index (Phi) is 6.32. The van der Waals surface area contributed by atoms with Gasteiger partial charge in [-0.3, -0.25) is 4.79 Å². The van der Waals surface area contributed by atoms with Crippen molar-refractivity contribution in [2.24, 2.45) is 0 Å². The van der Waals surface area contributed by atoms with Crippen molar-refractivity contribution < 1.29 is 9.53 Å². The van der Waals surface area contributed by atoms with Crippen LogP contribution in [0.1, 0.15) is 24.2 Å². The van der Waals surface area contributed by atoms with Gasteiger partial charge in [-0.25, -0.2) is 0 Å². The van der Waals surface area contributed by atoms with Gasteiger partial charge in [0, 0.05) is 28.1 Å². The second-order valence-electron chi connectivity index (χ2n) is 4.30. The Labute approximate surface area is 125 Å². The highest BCUT2D eigenvalue weighted by atomic mass is 79.9. The summed E-state index contributed by atoms with van der Waals surface area (Å²) in [4.78, 5) is 13.8. The quantitative estimate of drug-likeness (QED) is 0.781. The maximum atomic E-state index is 12.2. The van der Waals surface area contributed by atoms with Crippen molar-refractivity contribution in [3.63, 3.8) is 0 Å². The summed E-state index contributed by atoms with van der Waals surface area (Å²) in [6, 6.07) is 5.53. The third-order valence-electron chi connectivity index (χ3n) is 2.33. The van der Waals surface area contributed by atoms with E-state index in [4.69, 9.17) is 4.74 Å². The van der Waals surface area contributed by atoms with Crippen LogP contribution < -0.4 is 0 Å². The van der Waals surface area contributed by atoms with Crippen LogP contribution in [0.3, 0.4) is 0 Å². The van der Waals surface area contributed by atoms with E-state index in [1.165, 1.54) is 0 Å². The van der Waals surface area contributed by atoms with Gasteiger partial charge in [0.15, 0.2) is 0 Å². The fourth-order valence-electron chi connectivity index (χ4n) is 1.42. The average molecular weight is 379 g/mol.